The summed E-state index contributed by atoms with van der Waals surface area (Å²) in [5, 5.41) is 9.09. The van der Waals surface area contributed by atoms with Crippen molar-refractivity contribution in [1.29, 1.82) is 0 Å². The molecular weight excluding hydrogens is 264 g/mol. The van der Waals surface area contributed by atoms with E-state index in [1.165, 1.54) is 4.31 Å². The van der Waals surface area contributed by atoms with Gasteiger partial charge in [-0.25, -0.2) is 0 Å². The number of aliphatic hydroxyl groups is 1. The van der Waals surface area contributed by atoms with E-state index in [1.54, 1.807) is 0 Å². The first-order valence-corrected chi connectivity index (χ1v) is 8.76. The van der Waals surface area contributed by atoms with E-state index in [1.807, 2.05) is 0 Å². The van der Waals surface area contributed by atoms with Crippen LogP contribution in [0, 0.1) is 17.8 Å². The van der Waals surface area contributed by atoms with Gasteiger partial charge in [0.25, 0.3) is 10.2 Å². The smallest absolute Gasteiger partial charge is 0.279 e. The average Bonchev–Trinajstić information content (AvgIpc) is 2.70. The fraction of sp³-hybridized carbons (Fsp3) is 1.00. The minimum absolute atomic E-state index is 0.0792. The van der Waals surface area contributed by atoms with Crippen LogP contribution in [0.15, 0.2) is 0 Å². The molecule has 5 nitrogen and oxygen atoms in total. The van der Waals surface area contributed by atoms with Crippen LogP contribution in [0.3, 0.4) is 0 Å². The molecule has 1 aliphatic heterocycles. The molecule has 1 saturated carbocycles. The number of hydrogen-bond donors (Lipinski definition) is 2. The van der Waals surface area contributed by atoms with Crippen molar-refractivity contribution in [3.63, 3.8) is 0 Å². The quantitative estimate of drug-likeness (QED) is 0.810. The molecule has 0 radical (unpaired) electrons. The largest absolute Gasteiger partial charge is 0.396 e. The Morgan fingerprint density at radius 1 is 1.16 bits per heavy atom. The van der Waals surface area contributed by atoms with Crippen molar-refractivity contribution in [3.8, 4) is 0 Å². The maximum atomic E-state index is 12.3. The summed E-state index contributed by atoms with van der Waals surface area (Å²) in [6, 6.07) is 0.0792. The summed E-state index contributed by atoms with van der Waals surface area (Å²) in [5.74, 6) is 1.26. The third-order valence-corrected chi connectivity index (χ3v) is 6.58. The van der Waals surface area contributed by atoms with Gasteiger partial charge in [-0.1, -0.05) is 13.8 Å². The van der Waals surface area contributed by atoms with Crippen molar-refractivity contribution in [1.82, 2.24) is 9.03 Å². The summed E-state index contributed by atoms with van der Waals surface area (Å²) in [5.41, 5.74) is 0. The molecule has 0 spiro atoms. The monoisotopic (exact) mass is 290 g/mol. The second-order valence-corrected chi connectivity index (χ2v) is 7.87. The number of rotatable bonds is 4. The van der Waals surface area contributed by atoms with E-state index in [0.717, 1.165) is 25.7 Å². The summed E-state index contributed by atoms with van der Waals surface area (Å²) in [7, 11) is -3.35. The van der Waals surface area contributed by atoms with Gasteiger partial charge in [-0.15, -0.1) is 0 Å². The lowest BCUT2D eigenvalue weighted by Crippen LogP contribution is -2.49. The maximum absolute atomic E-state index is 12.3. The van der Waals surface area contributed by atoms with Gasteiger partial charge in [-0.3, -0.25) is 0 Å². The lowest BCUT2D eigenvalue weighted by molar-refractivity contribution is 0.169. The minimum atomic E-state index is -3.35. The molecule has 19 heavy (non-hydrogen) atoms. The Kier molecular flexibility index (Phi) is 4.87. The van der Waals surface area contributed by atoms with Crippen LogP contribution in [0.5, 0.6) is 0 Å². The summed E-state index contributed by atoms with van der Waals surface area (Å²) in [6.07, 6.45) is 3.55. The van der Waals surface area contributed by atoms with Crippen molar-refractivity contribution in [2.24, 2.45) is 17.8 Å². The standard InChI is InChI=1S/C13H26N2O3S/c1-10-3-4-13(11(10)2)14-19(17,18)15-7-5-12(9-16)6-8-15/h10-14,16H,3-9H2,1-2H3. The van der Waals surface area contributed by atoms with Gasteiger partial charge in [-0.2, -0.15) is 17.4 Å². The van der Waals surface area contributed by atoms with Gasteiger partial charge in [0.1, 0.15) is 0 Å². The van der Waals surface area contributed by atoms with Crippen LogP contribution < -0.4 is 4.72 Å². The Bertz CT molecular complexity index is 391. The van der Waals surface area contributed by atoms with Gasteiger partial charge in [-0.05, 0) is 43.4 Å². The first-order chi connectivity index (χ1) is 8.94. The minimum Gasteiger partial charge on any atom is -0.396 e. The first kappa shape index (κ1) is 15.2. The molecule has 2 fully saturated rings. The van der Waals surface area contributed by atoms with Gasteiger partial charge in [0.15, 0.2) is 0 Å². The molecule has 112 valence electrons. The number of nitrogens with zero attached hydrogens (tertiary/aromatic N) is 1. The first-order valence-electron chi connectivity index (χ1n) is 7.32. The summed E-state index contributed by atoms with van der Waals surface area (Å²) >= 11 is 0. The molecule has 2 aliphatic rings. The van der Waals surface area contributed by atoms with Crippen molar-refractivity contribution < 1.29 is 13.5 Å². The lowest BCUT2D eigenvalue weighted by atomic mass is 9.98. The van der Waals surface area contributed by atoms with Crippen LogP contribution in [0.25, 0.3) is 0 Å². The van der Waals surface area contributed by atoms with Crippen LogP contribution in [0.2, 0.25) is 0 Å². The highest BCUT2D eigenvalue weighted by atomic mass is 32.2. The SMILES string of the molecule is CC1CCC(NS(=O)(=O)N2CCC(CO)CC2)C1C. The third kappa shape index (κ3) is 3.48. The molecule has 3 atom stereocenters. The van der Waals surface area contributed by atoms with E-state index in [4.69, 9.17) is 5.11 Å². The molecule has 2 rings (SSSR count). The normalized spacial score (nSPS) is 34.8. The Morgan fingerprint density at radius 3 is 2.26 bits per heavy atom. The van der Waals surface area contributed by atoms with E-state index in [-0.39, 0.29) is 18.6 Å². The molecule has 1 aliphatic carbocycles. The van der Waals surface area contributed by atoms with Gasteiger partial charge in [0.2, 0.25) is 0 Å². The van der Waals surface area contributed by atoms with Gasteiger partial charge < -0.3 is 5.11 Å². The van der Waals surface area contributed by atoms with Crippen molar-refractivity contribution in [3.05, 3.63) is 0 Å². The van der Waals surface area contributed by atoms with Gasteiger partial charge in [0.05, 0.1) is 0 Å². The second kappa shape index (κ2) is 6.08. The van der Waals surface area contributed by atoms with Gasteiger partial charge >= 0.3 is 0 Å². The summed E-state index contributed by atoms with van der Waals surface area (Å²) in [6.45, 7) is 5.53. The fourth-order valence-corrected chi connectivity index (χ4v) is 4.68. The van der Waals surface area contributed by atoms with E-state index < -0.39 is 10.2 Å². The summed E-state index contributed by atoms with van der Waals surface area (Å²) < 4.78 is 29.1. The molecule has 0 bridgehead atoms. The number of nitrogens with one attached hydrogen (secondary N) is 1. The summed E-state index contributed by atoms with van der Waals surface area (Å²) in [4.78, 5) is 0. The number of aliphatic hydroxyl groups excluding tert-OH is 1. The molecular formula is C13H26N2O3S. The van der Waals surface area contributed by atoms with Crippen LogP contribution in [0.1, 0.15) is 39.5 Å². The van der Waals surface area contributed by atoms with Crippen molar-refractivity contribution in [2.75, 3.05) is 19.7 Å². The highest BCUT2D eigenvalue weighted by Crippen LogP contribution is 2.32. The molecule has 0 aromatic heterocycles. The molecule has 0 amide bonds. The lowest BCUT2D eigenvalue weighted by Gasteiger charge is -2.32. The Labute approximate surface area is 116 Å². The average molecular weight is 290 g/mol. The van der Waals surface area contributed by atoms with Crippen LogP contribution in [-0.2, 0) is 10.2 Å². The Morgan fingerprint density at radius 2 is 1.79 bits per heavy atom. The second-order valence-electron chi connectivity index (χ2n) is 6.17. The Balaban J connectivity index is 1.92. The molecule has 0 aromatic carbocycles. The van der Waals surface area contributed by atoms with E-state index in [2.05, 4.69) is 18.6 Å². The van der Waals surface area contributed by atoms with E-state index >= 15 is 0 Å². The fourth-order valence-electron chi connectivity index (χ4n) is 3.13. The molecule has 2 N–H and O–H groups in total. The molecule has 1 saturated heterocycles. The molecule has 0 aromatic rings. The van der Waals surface area contributed by atoms with Crippen molar-refractivity contribution in [2.45, 2.75) is 45.6 Å². The molecule has 3 unspecified atom stereocenters. The van der Waals surface area contributed by atoms with Crippen LogP contribution >= 0.6 is 0 Å². The van der Waals surface area contributed by atoms with Crippen LogP contribution in [-0.4, -0.2) is 43.6 Å². The molecule has 1 heterocycles. The maximum Gasteiger partial charge on any atom is 0.279 e. The predicted octanol–water partition coefficient (Wildman–Crippen LogP) is 0.960. The highest BCUT2D eigenvalue weighted by Gasteiger charge is 2.35. The highest BCUT2D eigenvalue weighted by molar-refractivity contribution is 7.87. The number of piperidine rings is 1. The number of hydrogen-bond acceptors (Lipinski definition) is 3. The zero-order chi connectivity index (χ0) is 14.0. The van der Waals surface area contributed by atoms with Crippen molar-refractivity contribution >= 4 is 10.2 Å². The topological polar surface area (TPSA) is 69.6 Å². The zero-order valence-electron chi connectivity index (χ0n) is 11.9. The predicted molar refractivity (Wildman–Crippen MR) is 74.8 cm³/mol. The van der Waals surface area contributed by atoms with E-state index in [9.17, 15) is 8.42 Å². The van der Waals surface area contributed by atoms with E-state index in [0.29, 0.717) is 24.9 Å². The Hall–Kier alpha value is -0.170. The zero-order valence-corrected chi connectivity index (χ0v) is 12.7. The molecule has 6 heteroatoms. The third-order valence-electron chi connectivity index (χ3n) is 4.94. The van der Waals surface area contributed by atoms with Crippen LogP contribution in [0.4, 0.5) is 0 Å². The van der Waals surface area contributed by atoms with Gasteiger partial charge in [0, 0.05) is 25.7 Å².